The summed E-state index contributed by atoms with van der Waals surface area (Å²) < 4.78 is 0. The first kappa shape index (κ1) is 8.67. The Morgan fingerprint density at radius 3 is 2.85 bits per heavy atom. The predicted octanol–water partition coefficient (Wildman–Crippen LogP) is 1.79. The van der Waals surface area contributed by atoms with Crippen molar-refractivity contribution in [2.75, 3.05) is 0 Å². The number of aromatic nitrogens is 1. The van der Waals surface area contributed by atoms with Crippen LogP contribution in [-0.4, -0.2) is 10.1 Å². The van der Waals surface area contributed by atoms with Crippen LogP contribution in [0.3, 0.4) is 0 Å². The van der Waals surface area contributed by atoms with Crippen LogP contribution in [0.15, 0.2) is 5.38 Å². The molecule has 1 N–H and O–H groups in total. The molecule has 0 aliphatic heterocycles. The van der Waals surface area contributed by atoms with E-state index in [4.69, 9.17) is 5.26 Å². The van der Waals surface area contributed by atoms with Gasteiger partial charge < -0.3 is 5.11 Å². The van der Waals surface area contributed by atoms with E-state index in [1.54, 1.807) is 0 Å². The van der Waals surface area contributed by atoms with E-state index in [2.05, 4.69) is 11.1 Å². The van der Waals surface area contributed by atoms with Crippen LogP contribution in [0, 0.1) is 23.7 Å². The summed E-state index contributed by atoms with van der Waals surface area (Å²) in [5.41, 5.74) is 0.127. The fourth-order valence-electron chi connectivity index (χ4n) is 1.37. The highest BCUT2D eigenvalue weighted by Gasteiger charge is 2.51. The summed E-state index contributed by atoms with van der Waals surface area (Å²) in [4.78, 5) is 4.18. The predicted molar refractivity (Wildman–Crippen MR) is 49.1 cm³/mol. The van der Waals surface area contributed by atoms with E-state index >= 15 is 0 Å². The number of nitriles is 1. The minimum atomic E-state index is -0.692. The highest BCUT2D eigenvalue weighted by Crippen LogP contribution is 2.54. The highest BCUT2D eigenvalue weighted by atomic mass is 32.1. The summed E-state index contributed by atoms with van der Waals surface area (Å²) in [6.07, 6.45) is 0.894. The van der Waals surface area contributed by atoms with Crippen LogP contribution in [0.5, 0.6) is 0 Å². The fourth-order valence-corrected chi connectivity index (χ4v) is 2.00. The Kier molecular flexibility index (Phi) is 1.86. The molecule has 3 nitrogen and oxygen atoms in total. The number of aliphatic hydroxyl groups excluding tert-OH is 1. The summed E-state index contributed by atoms with van der Waals surface area (Å²) >= 11 is 1.51. The number of hydrogen-bond donors (Lipinski definition) is 1. The van der Waals surface area contributed by atoms with E-state index < -0.39 is 11.5 Å². The average molecular weight is 194 g/mol. The molecule has 1 unspecified atom stereocenters. The third kappa shape index (κ3) is 1.34. The third-order valence-electron chi connectivity index (χ3n) is 2.45. The summed E-state index contributed by atoms with van der Waals surface area (Å²) in [5, 5.41) is 21.5. The largest absolute Gasteiger partial charge is 0.385 e. The molecule has 0 saturated heterocycles. The molecule has 0 aromatic carbocycles. The maximum atomic E-state index is 9.85. The second-order valence-electron chi connectivity index (χ2n) is 3.46. The van der Waals surface area contributed by atoms with Gasteiger partial charge in [0.1, 0.15) is 6.10 Å². The van der Waals surface area contributed by atoms with Gasteiger partial charge in [0.2, 0.25) is 0 Å². The van der Waals surface area contributed by atoms with Gasteiger partial charge in [0, 0.05) is 5.38 Å². The lowest BCUT2D eigenvalue weighted by atomic mass is 9.99. The van der Waals surface area contributed by atoms with Gasteiger partial charge >= 0.3 is 0 Å². The Morgan fingerprint density at radius 2 is 2.46 bits per heavy atom. The molecule has 0 spiro atoms. The molecule has 1 saturated carbocycles. The van der Waals surface area contributed by atoms with Gasteiger partial charge in [0.15, 0.2) is 0 Å². The zero-order chi connectivity index (χ0) is 9.47. The normalized spacial score (nSPS) is 20.7. The van der Waals surface area contributed by atoms with Crippen LogP contribution in [0.2, 0.25) is 0 Å². The maximum Gasteiger partial charge on any atom is 0.115 e. The lowest BCUT2D eigenvalue weighted by Crippen LogP contribution is -2.11. The molecule has 2 rings (SSSR count). The number of nitrogens with zero attached hydrogens (tertiary/aromatic N) is 2. The first-order valence-corrected chi connectivity index (χ1v) is 5.07. The number of aryl methyl sites for hydroxylation is 1. The van der Waals surface area contributed by atoms with Crippen LogP contribution in [0.1, 0.15) is 29.6 Å². The maximum absolute atomic E-state index is 9.85. The first-order chi connectivity index (χ1) is 6.18. The number of aliphatic hydroxyl groups is 1. The molecule has 68 valence electrons. The van der Waals surface area contributed by atoms with E-state index in [-0.39, 0.29) is 0 Å². The fraction of sp³-hybridized carbons (Fsp3) is 0.556. The zero-order valence-electron chi connectivity index (χ0n) is 7.32. The first-order valence-electron chi connectivity index (χ1n) is 4.19. The summed E-state index contributed by atoms with van der Waals surface area (Å²) in [7, 11) is 0. The Balaban J connectivity index is 2.23. The highest BCUT2D eigenvalue weighted by molar-refractivity contribution is 7.09. The smallest absolute Gasteiger partial charge is 0.115 e. The average Bonchev–Trinajstić information content (AvgIpc) is 2.82. The van der Waals surface area contributed by atoms with Crippen molar-refractivity contribution >= 4 is 11.3 Å². The van der Waals surface area contributed by atoms with Gasteiger partial charge in [0.05, 0.1) is 22.2 Å². The van der Waals surface area contributed by atoms with E-state index in [9.17, 15) is 5.11 Å². The molecule has 1 aromatic heterocycles. The van der Waals surface area contributed by atoms with Crippen LogP contribution in [0.4, 0.5) is 0 Å². The van der Waals surface area contributed by atoms with Gasteiger partial charge in [-0.3, -0.25) is 0 Å². The molecule has 1 atom stereocenters. The van der Waals surface area contributed by atoms with Crippen molar-refractivity contribution in [2.24, 2.45) is 5.41 Å². The summed E-state index contributed by atoms with van der Waals surface area (Å²) in [5.74, 6) is 0. The summed E-state index contributed by atoms with van der Waals surface area (Å²) in [6, 6.07) is 2.17. The van der Waals surface area contributed by atoms with E-state index in [0.29, 0.717) is 5.69 Å². The molecule has 0 amide bonds. The molecule has 13 heavy (non-hydrogen) atoms. The molecule has 1 aliphatic rings. The minimum absolute atomic E-state index is 0.527. The van der Waals surface area contributed by atoms with Crippen molar-refractivity contribution < 1.29 is 5.11 Å². The van der Waals surface area contributed by atoms with Crippen molar-refractivity contribution in [3.63, 3.8) is 0 Å². The van der Waals surface area contributed by atoms with Gasteiger partial charge in [-0.25, -0.2) is 4.98 Å². The van der Waals surface area contributed by atoms with Crippen molar-refractivity contribution in [1.29, 1.82) is 5.26 Å². The van der Waals surface area contributed by atoms with Crippen LogP contribution in [-0.2, 0) is 0 Å². The molecule has 0 bridgehead atoms. The molecule has 1 fully saturated rings. The van der Waals surface area contributed by atoms with Crippen molar-refractivity contribution in [3.05, 3.63) is 16.1 Å². The Morgan fingerprint density at radius 1 is 1.77 bits per heavy atom. The van der Waals surface area contributed by atoms with E-state index in [0.717, 1.165) is 17.8 Å². The van der Waals surface area contributed by atoms with Crippen molar-refractivity contribution in [1.82, 2.24) is 4.98 Å². The monoisotopic (exact) mass is 194 g/mol. The van der Waals surface area contributed by atoms with Gasteiger partial charge in [0.25, 0.3) is 0 Å². The second-order valence-corrected chi connectivity index (χ2v) is 4.52. The molecular weight excluding hydrogens is 184 g/mol. The van der Waals surface area contributed by atoms with Crippen LogP contribution < -0.4 is 0 Å². The molecular formula is C9H10N2OS. The quantitative estimate of drug-likeness (QED) is 0.780. The Labute approximate surface area is 80.7 Å². The van der Waals surface area contributed by atoms with Crippen LogP contribution >= 0.6 is 11.3 Å². The standard InChI is InChI=1S/C9H10N2OS/c1-6-11-7(4-13-6)8(12)9(5-10)2-3-9/h4,8,12H,2-3H2,1H3. The zero-order valence-corrected chi connectivity index (χ0v) is 8.14. The molecule has 1 aromatic rings. The SMILES string of the molecule is Cc1nc(C(O)C2(C#N)CC2)cs1. The lowest BCUT2D eigenvalue weighted by Gasteiger charge is -2.11. The molecule has 4 heteroatoms. The number of hydrogen-bond acceptors (Lipinski definition) is 4. The van der Waals surface area contributed by atoms with Crippen molar-refractivity contribution in [2.45, 2.75) is 25.9 Å². The molecule has 1 heterocycles. The Bertz CT molecular complexity index is 362. The van der Waals surface area contributed by atoms with Crippen LogP contribution in [0.25, 0.3) is 0 Å². The third-order valence-corrected chi connectivity index (χ3v) is 3.24. The van der Waals surface area contributed by atoms with Gasteiger partial charge in [-0.1, -0.05) is 0 Å². The second kappa shape index (κ2) is 2.79. The minimum Gasteiger partial charge on any atom is -0.385 e. The van der Waals surface area contributed by atoms with Gasteiger partial charge in [-0.2, -0.15) is 5.26 Å². The van der Waals surface area contributed by atoms with Gasteiger partial charge in [-0.05, 0) is 19.8 Å². The molecule has 1 aliphatic carbocycles. The topological polar surface area (TPSA) is 56.9 Å². The Hall–Kier alpha value is -0.920. The van der Waals surface area contributed by atoms with E-state index in [1.165, 1.54) is 11.3 Å². The van der Waals surface area contributed by atoms with E-state index in [1.807, 2.05) is 12.3 Å². The summed E-state index contributed by atoms with van der Waals surface area (Å²) in [6.45, 7) is 1.90. The number of thiazole rings is 1. The number of rotatable bonds is 2. The lowest BCUT2D eigenvalue weighted by molar-refractivity contribution is 0.119. The van der Waals surface area contributed by atoms with Crippen molar-refractivity contribution in [3.8, 4) is 6.07 Å². The molecule has 0 radical (unpaired) electrons. The van der Waals surface area contributed by atoms with Gasteiger partial charge in [-0.15, -0.1) is 11.3 Å².